The van der Waals surface area contributed by atoms with Crippen LogP contribution in [-0.4, -0.2) is 57.4 Å². The fraction of sp³-hybridized carbons (Fsp3) is 0.611. The van der Waals surface area contributed by atoms with E-state index in [-0.39, 0.29) is 0 Å². The summed E-state index contributed by atoms with van der Waals surface area (Å²) in [5.41, 5.74) is 1.24. The van der Waals surface area contributed by atoms with Crippen LogP contribution in [0.5, 0.6) is 0 Å². The molecular formula is C18H28BrN3O2. The van der Waals surface area contributed by atoms with E-state index in [1.807, 2.05) is 20.2 Å². The molecule has 0 unspecified atom stereocenters. The third kappa shape index (κ3) is 6.42. The van der Waals surface area contributed by atoms with E-state index in [0.29, 0.717) is 6.10 Å². The molecule has 134 valence electrons. The number of benzene rings is 1. The average molecular weight is 398 g/mol. The van der Waals surface area contributed by atoms with Gasteiger partial charge in [0.05, 0.1) is 6.10 Å². The number of nitrogens with zero attached hydrogens (tertiary/aromatic N) is 2. The first-order valence-corrected chi connectivity index (χ1v) is 9.34. The molecule has 1 aromatic rings. The summed E-state index contributed by atoms with van der Waals surface area (Å²) < 4.78 is 12.4. The molecular weight excluding hydrogens is 370 g/mol. The summed E-state index contributed by atoms with van der Waals surface area (Å²) in [6.45, 7) is 4.10. The lowest BCUT2D eigenvalue weighted by molar-refractivity contribution is -0.0320. The molecule has 1 fully saturated rings. The Hall–Kier alpha value is -1.11. The van der Waals surface area contributed by atoms with Crippen molar-refractivity contribution in [2.45, 2.75) is 31.9 Å². The zero-order chi connectivity index (χ0) is 17.2. The minimum Gasteiger partial charge on any atom is -0.381 e. The molecule has 0 aromatic heterocycles. The van der Waals surface area contributed by atoms with Crippen LogP contribution in [0.1, 0.15) is 24.8 Å². The highest BCUT2D eigenvalue weighted by atomic mass is 79.9. The molecule has 1 aliphatic rings. The number of hydrogen-bond donors (Lipinski definition) is 1. The van der Waals surface area contributed by atoms with Crippen LogP contribution in [-0.2, 0) is 16.0 Å². The molecule has 1 aliphatic heterocycles. The van der Waals surface area contributed by atoms with Crippen LogP contribution in [0.4, 0.5) is 0 Å². The Morgan fingerprint density at radius 1 is 1.38 bits per heavy atom. The van der Waals surface area contributed by atoms with Gasteiger partial charge in [-0.25, -0.2) is 0 Å². The minimum absolute atomic E-state index is 0.371. The monoisotopic (exact) mass is 397 g/mol. The summed E-state index contributed by atoms with van der Waals surface area (Å²) in [5.74, 6) is 0.900. The molecule has 0 aliphatic carbocycles. The van der Waals surface area contributed by atoms with Crippen LogP contribution >= 0.6 is 15.9 Å². The Labute approximate surface area is 153 Å². The molecule has 6 heteroatoms. The van der Waals surface area contributed by atoms with Gasteiger partial charge < -0.3 is 19.7 Å². The highest BCUT2D eigenvalue weighted by Gasteiger charge is 2.13. The summed E-state index contributed by atoms with van der Waals surface area (Å²) in [7, 11) is 3.87. The van der Waals surface area contributed by atoms with Gasteiger partial charge in [-0.1, -0.05) is 34.1 Å². The van der Waals surface area contributed by atoms with Gasteiger partial charge in [-0.05, 0) is 30.9 Å². The van der Waals surface area contributed by atoms with Crippen LogP contribution in [0, 0.1) is 0 Å². The van der Waals surface area contributed by atoms with Crippen molar-refractivity contribution < 1.29 is 9.47 Å². The number of guanidine groups is 1. The predicted molar refractivity (Wildman–Crippen MR) is 101 cm³/mol. The topological polar surface area (TPSA) is 46.1 Å². The molecule has 2 rings (SSSR count). The number of ether oxygens (including phenoxy) is 2. The third-order valence-electron chi connectivity index (χ3n) is 4.06. The van der Waals surface area contributed by atoms with Crippen molar-refractivity contribution in [3.8, 4) is 0 Å². The van der Waals surface area contributed by atoms with E-state index in [1.165, 1.54) is 5.56 Å². The van der Waals surface area contributed by atoms with Crippen LogP contribution in [0.3, 0.4) is 0 Å². The molecule has 0 spiro atoms. The van der Waals surface area contributed by atoms with E-state index < -0.39 is 0 Å². The van der Waals surface area contributed by atoms with Gasteiger partial charge in [0, 0.05) is 51.5 Å². The van der Waals surface area contributed by atoms with Crippen LogP contribution in [0.25, 0.3) is 0 Å². The zero-order valence-corrected chi connectivity index (χ0v) is 16.2. The molecule has 0 saturated carbocycles. The molecule has 0 radical (unpaired) electrons. The van der Waals surface area contributed by atoms with E-state index in [1.54, 1.807) is 0 Å². The molecule has 0 amide bonds. The van der Waals surface area contributed by atoms with E-state index in [9.17, 15) is 0 Å². The maximum Gasteiger partial charge on any atom is 0.193 e. The van der Waals surface area contributed by atoms with Gasteiger partial charge in [0.15, 0.2) is 5.96 Å². The molecule has 1 N–H and O–H groups in total. The lowest BCUT2D eigenvalue weighted by Gasteiger charge is -2.24. The third-order valence-corrected chi connectivity index (χ3v) is 4.84. The molecule has 0 bridgehead atoms. The lowest BCUT2D eigenvalue weighted by Crippen LogP contribution is -2.39. The average Bonchev–Trinajstić information content (AvgIpc) is 2.61. The van der Waals surface area contributed by atoms with Crippen LogP contribution in [0.15, 0.2) is 33.7 Å². The summed E-state index contributed by atoms with van der Waals surface area (Å²) in [6.07, 6.45) is 3.38. The fourth-order valence-corrected chi connectivity index (χ4v) is 3.12. The zero-order valence-electron chi connectivity index (χ0n) is 14.6. The molecule has 1 aromatic carbocycles. The van der Waals surface area contributed by atoms with Gasteiger partial charge in [0.25, 0.3) is 0 Å². The van der Waals surface area contributed by atoms with Crippen molar-refractivity contribution >= 4 is 21.9 Å². The number of rotatable bonds is 7. The normalized spacial score (nSPS) is 16.2. The number of aliphatic imine (C=N–C) groups is 1. The Balaban J connectivity index is 1.67. The van der Waals surface area contributed by atoms with Crippen molar-refractivity contribution in [3.05, 3.63) is 34.3 Å². The van der Waals surface area contributed by atoms with Gasteiger partial charge in [-0.2, -0.15) is 0 Å². The summed E-state index contributed by atoms with van der Waals surface area (Å²) in [4.78, 5) is 6.48. The van der Waals surface area contributed by atoms with Crippen molar-refractivity contribution in [1.82, 2.24) is 10.2 Å². The SMILES string of the molecule is CN=C(NCCCOC1CCOCC1)N(C)Cc1ccccc1Br. The van der Waals surface area contributed by atoms with Gasteiger partial charge in [0.2, 0.25) is 0 Å². The first-order chi connectivity index (χ1) is 11.7. The Bertz CT molecular complexity index is 519. The fourth-order valence-electron chi connectivity index (χ4n) is 2.71. The minimum atomic E-state index is 0.371. The number of hydrogen-bond acceptors (Lipinski definition) is 3. The summed E-state index contributed by atoms with van der Waals surface area (Å²) in [6, 6.07) is 8.26. The second-order valence-corrected chi connectivity index (χ2v) is 6.81. The van der Waals surface area contributed by atoms with E-state index in [4.69, 9.17) is 9.47 Å². The van der Waals surface area contributed by atoms with E-state index in [0.717, 1.165) is 62.6 Å². The quantitative estimate of drug-likeness (QED) is 0.436. The van der Waals surface area contributed by atoms with Gasteiger partial charge >= 0.3 is 0 Å². The molecule has 1 heterocycles. The predicted octanol–water partition coefficient (Wildman–Crippen LogP) is 3.04. The maximum absolute atomic E-state index is 5.89. The lowest BCUT2D eigenvalue weighted by atomic mass is 10.1. The molecule has 0 atom stereocenters. The Kier molecular flexibility index (Phi) is 8.56. The standard InChI is InChI=1S/C18H28BrN3O2/c1-20-18(22(2)14-15-6-3-4-7-17(15)19)21-10-5-11-24-16-8-12-23-13-9-16/h3-4,6-7,16H,5,8-14H2,1-2H3,(H,20,21). The van der Waals surface area contributed by atoms with Gasteiger partial charge in [-0.15, -0.1) is 0 Å². The van der Waals surface area contributed by atoms with Crippen LogP contribution in [0.2, 0.25) is 0 Å². The van der Waals surface area contributed by atoms with Crippen LogP contribution < -0.4 is 5.32 Å². The van der Waals surface area contributed by atoms with E-state index >= 15 is 0 Å². The van der Waals surface area contributed by atoms with Gasteiger partial charge in [0.1, 0.15) is 0 Å². The van der Waals surface area contributed by atoms with Crippen molar-refractivity contribution in [3.63, 3.8) is 0 Å². The first kappa shape index (κ1) is 19.2. The molecule has 24 heavy (non-hydrogen) atoms. The molecule has 5 nitrogen and oxygen atoms in total. The van der Waals surface area contributed by atoms with Gasteiger partial charge in [-0.3, -0.25) is 4.99 Å². The number of halogens is 1. The second-order valence-electron chi connectivity index (χ2n) is 5.96. The second kappa shape index (κ2) is 10.7. The largest absolute Gasteiger partial charge is 0.381 e. The van der Waals surface area contributed by atoms with E-state index in [2.05, 4.69) is 49.3 Å². The smallest absolute Gasteiger partial charge is 0.193 e. The first-order valence-electron chi connectivity index (χ1n) is 8.55. The maximum atomic E-state index is 5.89. The Morgan fingerprint density at radius 2 is 2.12 bits per heavy atom. The van der Waals surface area contributed by atoms with Crippen molar-refractivity contribution in [2.75, 3.05) is 40.5 Å². The summed E-state index contributed by atoms with van der Waals surface area (Å²) >= 11 is 3.59. The Morgan fingerprint density at radius 3 is 2.83 bits per heavy atom. The highest BCUT2D eigenvalue weighted by molar-refractivity contribution is 9.10. The number of nitrogens with one attached hydrogen (secondary N) is 1. The highest BCUT2D eigenvalue weighted by Crippen LogP contribution is 2.17. The summed E-state index contributed by atoms with van der Waals surface area (Å²) in [5, 5.41) is 3.40. The van der Waals surface area contributed by atoms with Crippen molar-refractivity contribution in [2.24, 2.45) is 4.99 Å². The van der Waals surface area contributed by atoms with Crippen molar-refractivity contribution in [1.29, 1.82) is 0 Å². The molecule has 1 saturated heterocycles.